The molecule has 1 unspecified atom stereocenters. The molecule has 0 aliphatic rings. The Morgan fingerprint density at radius 3 is 2.65 bits per heavy atom. The number of para-hydroxylation sites is 2. The maximum Gasteiger partial charge on any atom is 0.169 e. The van der Waals surface area contributed by atoms with E-state index in [0.717, 1.165) is 0 Å². The molecule has 106 valence electrons. The summed E-state index contributed by atoms with van der Waals surface area (Å²) < 4.78 is 1.40. The number of imidazole rings is 1. The topological polar surface area (TPSA) is 98.1 Å². The largest absolute Gasteiger partial charge is 0.550 e. The van der Waals surface area contributed by atoms with Crippen LogP contribution >= 0.6 is 11.8 Å². The van der Waals surface area contributed by atoms with E-state index in [1.807, 2.05) is 6.92 Å². The Morgan fingerprint density at radius 1 is 1.35 bits per heavy atom. The van der Waals surface area contributed by atoms with Crippen LogP contribution in [0.5, 0.6) is 0 Å². The average molecular weight is 292 g/mol. The molecule has 0 saturated carbocycles. The molecule has 6 nitrogen and oxygen atoms in total. The van der Waals surface area contributed by atoms with Crippen molar-refractivity contribution in [2.24, 2.45) is 0 Å². The Bertz CT molecular complexity index is 653. The Kier molecular flexibility index (Phi) is 4.29. The summed E-state index contributed by atoms with van der Waals surface area (Å²) in [6.07, 6.45) is -0.653. The van der Waals surface area contributed by atoms with Crippen molar-refractivity contribution < 1.29 is 19.8 Å². The Morgan fingerprint density at radius 2 is 2.05 bits per heavy atom. The van der Waals surface area contributed by atoms with Crippen LogP contribution in [0.3, 0.4) is 0 Å². The monoisotopic (exact) mass is 292 g/mol. The third kappa shape index (κ3) is 2.77. The van der Waals surface area contributed by atoms with E-state index in [9.17, 15) is 19.8 Å². The van der Waals surface area contributed by atoms with E-state index in [4.69, 9.17) is 0 Å². The molecule has 20 heavy (non-hydrogen) atoms. The number of fused-ring (bicyclic) bond motifs is 1. The van der Waals surface area contributed by atoms with Crippen molar-refractivity contribution >= 4 is 34.7 Å². The third-order valence-electron chi connectivity index (χ3n) is 2.78. The van der Waals surface area contributed by atoms with E-state index in [-0.39, 0.29) is 0 Å². The number of rotatable bonds is 6. The fourth-order valence-electron chi connectivity index (χ4n) is 1.99. The molecule has 0 N–H and O–H groups in total. The summed E-state index contributed by atoms with van der Waals surface area (Å²) in [6.45, 7) is 1.90. The number of carbonyl (C=O) groups is 2. The highest BCUT2D eigenvalue weighted by Crippen LogP contribution is 2.28. The van der Waals surface area contributed by atoms with Gasteiger partial charge in [0.2, 0.25) is 0 Å². The molecule has 2 aromatic rings. The van der Waals surface area contributed by atoms with Crippen LogP contribution in [0, 0.1) is 0 Å². The summed E-state index contributed by atoms with van der Waals surface area (Å²) in [7, 11) is 0. The SMILES string of the molecule is CCSc1nc2ccccc2n1C(CC(=O)[O-])C(=O)[O-]. The predicted octanol–water partition coefficient (Wildman–Crippen LogP) is -0.421. The van der Waals surface area contributed by atoms with Crippen LogP contribution in [0.25, 0.3) is 11.0 Å². The highest BCUT2D eigenvalue weighted by Gasteiger charge is 2.20. The van der Waals surface area contributed by atoms with E-state index in [1.54, 1.807) is 24.3 Å². The zero-order valence-corrected chi connectivity index (χ0v) is 11.6. The first-order valence-electron chi connectivity index (χ1n) is 6.05. The second-order valence-corrected chi connectivity index (χ2v) is 5.33. The molecule has 1 heterocycles. The van der Waals surface area contributed by atoms with Crippen LogP contribution in [-0.2, 0) is 9.59 Å². The summed E-state index contributed by atoms with van der Waals surface area (Å²) in [5.41, 5.74) is 1.19. The minimum absolute atomic E-state index is 0.462. The van der Waals surface area contributed by atoms with Gasteiger partial charge >= 0.3 is 0 Å². The number of hydrogen-bond acceptors (Lipinski definition) is 6. The molecule has 0 fully saturated rings. The summed E-state index contributed by atoms with van der Waals surface area (Å²) >= 11 is 1.35. The third-order valence-corrected chi connectivity index (χ3v) is 3.62. The number of nitrogens with zero attached hydrogens (tertiary/aromatic N) is 2. The molecule has 0 aliphatic heterocycles. The fraction of sp³-hybridized carbons (Fsp3) is 0.308. The first kappa shape index (κ1) is 14.4. The van der Waals surface area contributed by atoms with E-state index in [1.165, 1.54) is 16.3 Å². The van der Waals surface area contributed by atoms with Gasteiger partial charge in [-0.05, 0) is 17.9 Å². The highest BCUT2D eigenvalue weighted by atomic mass is 32.2. The van der Waals surface area contributed by atoms with Crippen molar-refractivity contribution in [3.63, 3.8) is 0 Å². The molecular weight excluding hydrogens is 280 g/mol. The van der Waals surface area contributed by atoms with Gasteiger partial charge in [0.1, 0.15) is 0 Å². The van der Waals surface area contributed by atoms with Crippen molar-refractivity contribution in [3.8, 4) is 0 Å². The molecule has 0 radical (unpaired) electrons. The van der Waals surface area contributed by atoms with Gasteiger partial charge in [0.05, 0.1) is 23.0 Å². The first-order valence-corrected chi connectivity index (χ1v) is 7.03. The van der Waals surface area contributed by atoms with Gasteiger partial charge in [-0.1, -0.05) is 30.8 Å². The van der Waals surface area contributed by atoms with Crippen LogP contribution in [0.15, 0.2) is 29.4 Å². The molecule has 0 spiro atoms. The lowest BCUT2D eigenvalue weighted by molar-refractivity contribution is -0.319. The van der Waals surface area contributed by atoms with Crippen molar-refractivity contribution in [2.75, 3.05) is 5.75 Å². The second-order valence-electron chi connectivity index (χ2n) is 4.10. The van der Waals surface area contributed by atoms with Crippen molar-refractivity contribution in [1.29, 1.82) is 0 Å². The molecule has 1 aromatic carbocycles. The Hall–Kier alpha value is -2.02. The van der Waals surface area contributed by atoms with E-state index >= 15 is 0 Å². The van der Waals surface area contributed by atoms with Crippen LogP contribution in [0.1, 0.15) is 19.4 Å². The van der Waals surface area contributed by atoms with E-state index in [0.29, 0.717) is 21.9 Å². The lowest BCUT2D eigenvalue weighted by atomic mass is 10.2. The van der Waals surface area contributed by atoms with Crippen molar-refractivity contribution in [1.82, 2.24) is 9.55 Å². The number of carboxylic acid groups (broad SMARTS) is 2. The maximum absolute atomic E-state index is 11.3. The molecule has 1 atom stereocenters. The zero-order valence-electron chi connectivity index (χ0n) is 10.7. The van der Waals surface area contributed by atoms with E-state index < -0.39 is 24.4 Å². The molecule has 7 heteroatoms. The minimum atomic E-state index is -1.46. The number of carboxylic acids is 2. The number of aromatic nitrogens is 2. The second kappa shape index (κ2) is 5.96. The van der Waals surface area contributed by atoms with Crippen molar-refractivity contribution in [3.05, 3.63) is 24.3 Å². The number of carbonyl (C=O) groups excluding carboxylic acids is 2. The standard InChI is InChI=1S/C13H14N2O4S/c1-2-20-13-14-8-5-3-4-6-9(8)15(13)10(12(18)19)7-11(16)17/h3-6,10H,2,7H2,1H3,(H,16,17)(H,18,19)/p-2. The van der Waals surface area contributed by atoms with Crippen molar-refractivity contribution in [2.45, 2.75) is 24.5 Å². The predicted molar refractivity (Wildman–Crippen MR) is 69.8 cm³/mol. The van der Waals surface area contributed by atoms with Crippen LogP contribution in [0.4, 0.5) is 0 Å². The van der Waals surface area contributed by atoms with Gasteiger partial charge in [-0.25, -0.2) is 4.98 Å². The number of aliphatic carboxylic acids is 2. The van der Waals surface area contributed by atoms with Gasteiger partial charge in [-0.3, -0.25) is 0 Å². The fourth-order valence-corrected chi connectivity index (χ4v) is 2.78. The smallest absolute Gasteiger partial charge is 0.169 e. The van der Waals surface area contributed by atoms with Gasteiger partial charge in [-0.15, -0.1) is 0 Å². The first-order chi connectivity index (χ1) is 9.54. The highest BCUT2D eigenvalue weighted by molar-refractivity contribution is 7.99. The molecule has 2 rings (SSSR count). The Labute approximate surface area is 119 Å². The van der Waals surface area contributed by atoms with Gasteiger partial charge < -0.3 is 24.4 Å². The van der Waals surface area contributed by atoms with Gasteiger partial charge in [0.15, 0.2) is 5.16 Å². The van der Waals surface area contributed by atoms with Crippen LogP contribution < -0.4 is 10.2 Å². The number of thioether (sulfide) groups is 1. The quantitative estimate of drug-likeness (QED) is 0.671. The summed E-state index contributed by atoms with van der Waals surface area (Å²) in [5.74, 6) is -2.21. The molecular formula is C13H12N2O4S-2. The average Bonchev–Trinajstić information content (AvgIpc) is 2.74. The lowest BCUT2D eigenvalue weighted by Gasteiger charge is -2.22. The molecule has 1 aromatic heterocycles. The lowest BCUT2D eigenvalue weighted by Crippen LogP contribution is -2.38. The van der Waals surface area contributed by atoms with E-state index in [2.05, 4.69) is 4.98 Å². The van der Waals surface area contributed by atoms with Crippen LogP contribution in [0.2, 0.25) is 0 Å². The molecule has 0 aliphatic carbocycles. The Balaban J connectivity index is 2.61. The maximum atomic E-state index is 11.3. The minimum Gasteiger partial charge on any atom is -0.550 e. The molecule has 0 bridgehead atoms. The van der Waals surface area contributed by atoms with Gasteiger partial charge in [-0.2, -0.15) is 0 Å². The number of hydrogen-bond donors (Lipinski definition) is 0. The summed E-state index contributed by atoms with van der Waals surface area (Å²) in [4.78, 5) is 26.4. The zero-order chi connectivity index (χ0) is 14.7. The summed E-state index contributed by atoms with van der Waals surface area (Å²) in [6, 6.07) is 5.64. The number of benzene rings is 1. The van der Waals surface area contributed by atoms with Gasteiger partial charge in [0.25, 0.3) is 0 Å². The van der Waals surface area contributed by atoms with Gasteiger partial charge in [0, 0.05) is 12.4 Å². The van der Waals surface area contributed by atoms with Crippen LogP contribution in [-0.4, -0.2) is 27.2 Å². The summed E-state index contributed by atoms with van der Waals surface area (Å²) in [5, 5.41) is 22.5. The molecule has 0 saturated heterocycles. The molecule has 0 amide bonds. The normalized spacial score (nSPS) is 12.4.